The lowest BCUT2D eigenvalue weighted by molar-refractivity contribution is -0.117. The Balaban J connectivity index is 2.14. The lowest BCUT2D eigenvalue weighted by Crippen LogP contribution is -2.25. The van der Waals surface area contributed by atoms with Gasteiger partial charge in [0, 0.05) is 17.7 Å². The first-order valence-corrected chi connectivity index (χ1v) is 11.7. The highest BCUT2D eigenvalue weighted by molar-refractivity contribution is 7.92. The Morgan fingerprint density at radius 3 is 2.31 bits per heavy atom. The molecule has 0 aliphatic rings. The number of carbonyl (C=O) groups is 1. The fourth-order valence-corrected chi connectivity index (χ4v) is 3.25. The molecule has 0 radical (unpaired) electrons. The number of halogens is 3. The van der Waals surface area contributed by atoms with Gasteiger partial charge < -0.3 is 10.1 Å². The summed E-state index contributed by atoms with van der Waals surface area (Å²) < 4.78 is 71.9. The molecule has 6 nitrogen and oxygen atoms in total. The Hall–Kier alpha value is -3.01. The van der Waals surface area contributed by atoms with E-state index in [-0.39, 0.29) is 17.4 Å². The van der Waals surface area contributed by atoms with Crippen molar-refractivity contribution in [2.75, 3.05) is 11.0 Å². The van der Waals surface area contributed by atoms with Crippen molar-refractivity contribution in [1.82, 2.24) is 5.32 Å². The van der Waals surface area contributed by atoms with Crippen LogP contribution in [0.15, 0.2) is 36.4 Å². The minimum absolute atomic E-state index is 0.100. The van der Waals surface area contributed by atoms with E-state index in [1.807, 2.05) is 13.8 Å². The number of amides is 1. The third-order valence-electron chi connectivity index (χ3n) is 4.50. The van der Waals surface area contributed by atoms with Gasteiger partial charge in [-0.05, 0) is 56.2 Å². The zero-order chi connectivity index (χ0) is 24.1. The molecule has 0 aliphatic heterocycles. The normalized spacial score (nSPS) is 13.6. The van der Waals surface area contributed by atoms with Crippen LogP contribution in [0, 0.1) is 17.5 Å². The van der Waals surface area contributed by atoms with Crippen LogP contribution in [0.3, 0.4) is 0 Å². The maximum atomic E-state index is 14.2. The summed E-state index contributed by atoms with van der Waals surface area (Å²) >= 11 is 0. The molecule has 2 aromatic carbocycles. The number of hydrogen-bond acceptors (Lipinski definition) is 4. The van der Waals surface area contributed by atoms with Crippen LogP contribution in [-0.4, -0.2) is 26.7 Å². The highest BCUT2D eigenvalue weighted by Gasteiger charge is 2.18. The van der Waals surface area contributed by atoms with Gasteiger partial charge in [0.1, 0.15) is 17.3 Å². The predicted molar refractivity (Wildman–Crippen MR) is 117 cm³/mol. The molecule has 0 saturated heterocycles. The SMILES string of the molecule is CCC(C)Oc1cc(F)ccc1/C=C/C(=O)N[C@H](C)c1cc(F)c(NS(C)(=O)=O)c(F)c1. The number of benzene rings is 2. The summed E-state index contributed by atoms with van der Waals surface area (Å²) in [7, 11) is -3.87. The topological polar surface area (TPSA) is 84.5 Å². The van der Waals surface area contributed by atoms with Crippen LogP contribution in [0.25, 0.3) is 6.08 Å². The van der Waals surface area contributed by atoms with E-state index >= 15 is 0 Å². The molecule has 10 heteroatoms. The second-order valence-electron chi connectivity index (χ2n) is 7.32. The third-order valence-corrected chi connectivity index (χ3v) is 5.08. The molecule has 0 spiro atoms. The van der Waals surface area contributed by atoms with Crippen molar-refractivity contribution < 1.29 is 31.1 Å². The van der Waals surface area contributed by atoms with Crippen molar-refractivity contribution in [1.29, 1.82) is 0 Å². The van der Waals surface area contributed by atoms with E-state index in [1.165, 1.54) is 37.3 Å². The van der Waals surface area contributed by atoms with E-state index in [0.29, 0.717) is 12.0 Å². The van der Waals surface area contributed by atoms with Gasteiger partial charge in [-0.25, -0.2) is 21.6 Å². The molecule has 32 heavy (non-hydrogen) atoms. The zero-order valence-electron chi connectivity index (χ0n) is 18.1. The highest BCUT2D eigenvalue weighted by atomic mass is 32.2. The number of anilines is 1. The Bertz CT molecular complexity index is 1100. The summed E-state index contributed by atoms with van der Waals surface area (Å²) in [6.07, 6.45) is 3.97. The van der Waals surface area contributed by atoms with Crippen molar-refractivity contribution >= 4 is 27.7 Å². The molecule has 2 aromatic rings. The lowest BCUT2D eigenvalue weighted by atomic mass is 10.1. The van der Waals surface area contributed by atoms with Crippen molar-refractivity contribution in [2.45, 2.75) is 39.3 Å². The summed E-state index contributed by atoms with van der Waals surface area (Å²) in [6, 6.07) is 5.02. The van der Waals surface area contributed by atoms with Crippen LogP contribution in [0.2, 0.25) is 0 Å². The van der Waals surface area contributed by atoms with Crippen LogP contribution >= 0.6 is 0 Å². The van der Waals surface area contributed by atoms with Crippen LogP contribution in [0.4, 0.5) is 18.9 Å². The molecule has 0 aromatic heterocycles. The Morgan fingerprint density at radius 1 is 1.12 bits per heavy atom. The molecule has 2 atom stereocenters. The molecule has 1 amide bonds. The number of nitrogens with one attached hydrogen (secondary N) is 2. The number of rotatable bonds is 9. The Morgan fingerprint density at radius 2 is 1.75 bits per heavy atom. The lowest BCUT2D eigenvalue weighted by Gasteiger charge is -2.16. The molecular formula is C22H25F3N2O4S. The first-order valence-electron chi connectivity index (χ1n) is 9.81. The minimum atomic E-state index is -3.87. The Kier molecular flexibility index (Phi) is 8.31. The number of hydrogen-bond donors (Lipinski definition) is 2. The maximum Gasteiger partial charge on any atom is 0.244 e. The van der Waals surface area contributed by atoms with Gasteiger partial charge in [-0.1, -0.05) is 6.92 Å². The molecule has 2 rings (SSSR count). The van der Waals surface area contributed by atoms with Crippen molar-refractivity contribution in [3.05, 3.63) is 65.0 Å². The molecule has 0 fully saturated rings. The van der Waals surface area contributed by atoms with Gasteiger partial charge >= 0.3 is 0 Å². The molecule has 2 N–H and O–H groups in total. The van der Waals surface area contributed by atoms with Crippen LogP contribution in [-0.2, 0) is 14.8 Å². The number of sulfonamides is 1. The van der Waals surface area contributed by atoms with Gasteiger partial charge in [0.2, 0.25) is 15.9 Å². The van der Waals surface area contributed by atoms with E-state index in [4.69, 9.17) is 4.74 Å². The van der Waals surface area contributed by atoms with E-state index in [1.54, 1.807) is 4.72 Å². The van der Waals surface area contributed by atoms with E-state index in [0.717, 1.165) is 18.4 Å². The molecule has 0 bridgehead atoms. The van der Waals surface area contributed by atoms with Crippen LogP contribution in [0.1, 0.15) is 44.4 Å². The fraction of sp³-hybridized carbons (Fsp3) is 0.318. The monoisotopic (exact) mass is 470 g/mol. The van der Waals surface area contributed by atoms with Gasteiger partial charge in [0.05, 0.1) is 18.4 Å². The largest absolute Gasteiger partial charge is 0.490 e. The molecule has 1 unspecified atom stereocenters. The Labute approximate surface area is 185 Å². The first-order chi connectivity index (χ1) is 14.9. The molecule has 174 valence electrons. The van der Waals surface area contributed by atoms with E-state index in [9.17, 15) is 26.4 Å². The zero-order valence-corrected chi connectivity index (χ0v) is 18.9. The van der Waals surface area contributed by atoms with Gasteiger partial charge in [0.15, 0.2) is 11.6 Å². The quantitative estimate of drug-likeness (QED) is 0.527. The van der Waals surface area contributed by atoms with Gasteiger partial charge in [-0.3, -0.25) is 9.52 Å². The first kappa shape index (κ1) is 25.3. The summed E-state index contributed by atoms with van der Waals surface area (Å²) in [5.41, 5.74) is -0.203. The summed E-state index contributed by atoms with van der Waals surface area (Å²) in [6.45, 7) is 5.27. The third kappa shape index (κ3) is 7.30. The minimum Gasteiger partial charge on any atom is -0.490 e. The molecule has 0 heterocycles. The predicted octanol–water partition coefficient (Wildman–Crippen LogP) is 4.54. The molecular weight excluding hydrogens is 445 g/mol. The van der Waals surface area contributed by atoms with Crippen molar-refractivity contribution in [3.63, 3.8) is 0 Å². The van der Waals surface area contributed by atoms with Crippen LogP contribution in [0.5, 0.6) is 5.75 Å². The van der Waals surface area contributed by atoms with Gasteiger partial charge in [-0.2, -0.15) is 0 Å². The number of ether oxygens (including phenoxy) is 1. The highest BCUT2D eigenvalue weighted by Crippen LogP contribution is 2.26. The van der Waals surface area contributed by atoms with E-state index in [2.05, 4.69) is 5.32 Å². The average Bonchev–Trinajstić information content (AvgIpc) is 2.69. The summed E-state index contributed by atoms with van der Waals surface area (Å²) in [4.78, 5) is 12.3. The van der Waals surface area contributed by atoms with Gasteiger partial charge in [-0.15, -0.1) is 0 Å². The van der Waals surface area contributed by atoms with E-state index < -0.39 is 45.1 Å². The summed E-state index contributed by atoms with van der Waals surface area (Å²) in [5, 5.41) is 2.56. The van der Waals surface area contributed by atoms with Gasteiger partial charge in [0.25, 0.3) is 0 Å². The second kappa shape index (κ2) is 10.5. The number of carbonyl (C=O) groups excluding carboxylic acids is 1. The second-order valence-corrected chi connectivity index (χ2v) is 9.06. The smallest absolute Gasteiger partial charge is 0.244 e. The van der Waals surface area contributed by atoms with Crippen LogP contribution < -0.4 is 14.8 Å². The van der Waals surface area contributed by atoms with Crippen molar-refractivity contribution in [2.24, 2.45) is 0 Å². The molecule has 0 aliphatic carbocycles. The summed E-state index contributed by atoms with van der Waals surface area (Å²) in [5.74, 6) is -2.97. The average molecular weight is 471 g/mol. The standard InChI is InChI=1S/C22H25F3N2O4S/c1-5-13(2)31-20-12-17(23)8-6-15(20)7-9-21(28)26-14(3)16-10-18(24)22(19(25)11-16)27-32(4,29)30/h6-14,27H,5H2,1-4H3,(H,26,28)/b9-7+/t13?,14-/m1/s1. The fourth-order valence-electron chi connectivity index (χ4n) is 2.68. The molecule has 0 saturated carbocycles. The maximum absolute atomic E-state index is 14.2. The van der Waals surface area contributed by atoms with Crippen molar-refractivity contribution in [3.8, 4) is 5.75 Å².